The van der Waals surface area contributed by atoms with Crippen molar-refractivity contribution in [3.05, 3.63) is 46.8 Å². The molecule has 0 radical (unpaired) electrons. The van der Waals surface area contributed by atoms with E-state index in [1.54, 1.807) is 17.9 Å². The van der Waals surface area contributed by atoms with Gasteiger partial charge in [0.05, 0.1) is 0 Å². The van der Waals surface area contributed by atoms with Crippen molar-refractivity contribution in [2.45, 2.75) is 58.9 Å². The summed E-state index contributed by atoms with van der Waals surface area (Å²) in [5.41, 5.74) is 2.51. The molecule has 3 rings (SSSR count). The Morgan fingerprint density at radius 3 is 2.50 bits per heavy atom. The third kappa shape index (κ3) is 5.40. The summed E-state index contributed by atoms with van der Waals surface area (Å²) >= 11 is 0. The molecule has 0 atom stereocenters. The molecule has 1 fully saturated rings. The van der Waals surface area contributed by atoms with Gasteiger partial charge in [-0.05, 0) is 43.7 Å². The van der Waals surface area contributed by atoms with Crippen LogP contribution in [0.2, 0.25) is 0 Å². The molecule has 1 saturated heterocycles. The normalized spacial score (nSPS) is 15.2. The number of likely N-dealkylation sites (tertiary alicyclic amines) is 1. The molecule has 2 heterocycles. The van der Waals surface area contributed by atoms with E-state index in [0.29, 0.717) is 37.4 Å². The van der Waals surface area contributed by atoms with E-state index in [9.17, 15) is 9.59 Å². The number of aromatic nitrogens is 1. The highest BCUT2D eigenvalue weighted by molar-refractivity contribution is 5.92. The van der Waals surface area contributed by atoms with Gasteiger partial charge in [-0.2, -0.15) is 0 Å². The third-order valence-corrected chi connectivity index (χ3v) is 5.30. The summed E-state index contributed by atoms with van der Waals surface area (Å²) in [5.74, 6) is 1.08. The monoisotopic (exact) mass is 413 g/mol. The van der Waals surface area contributed by atoms with Gasteiger partial charge in [-0.3, -0.25) is 9.59 Å². The Labute approximate surface area is 177 Å². The molecule has 0 unspecified atom stereocenters. The molecular formula is C23H31N3O4. The molecule has 1 aliphatic rings. The van der Waals surface area contributed by atoms with E-state index in [2.05, 4.69) is 37.3 Å². The van der Waals surface area contributed by atoms with Crippen molar-refractivity contribution < 1.29 is 18.8 Å². The van der Waals surface area contributed by atoms with E-state index < -0.39 is 0 Å². The first-order valence-electron chi connectivity index (χ1n) is 10.4. The summed E-state index contributed by atoms with van der Waals surface area (Å²) in [6.45, 7) is 11.3. The summed E-state index contributed by atoms with van der Waals surface area (Å²) < 4.78 is 10.8. The number of nitrogens with zero attached hydrogens (tertiary/aromatic N) is 2. The van der Waals surface area contributed by atoms with Gasteiger partial charge < -0.3 is 19.5 Å². The summed E-state index contributed by atoms with van der Waals surface area (Å²) in [7, 11) is 0. The van der Waals surface area contributed by atoms with Crippen LogP contribution in [0, 0.1) is 13.8 Å². The van der Waals surface area contributed by atoms with Crippen LogP contribution in [0.15, 0.2) is 28.8 Å². The summed E-state index contributed by atoms with van der Waals surface area (Å²) in [4.78, 5) is 26.6. The first kappa shape index (κ1) is 21.9. The van der Waals surface area contributed by atoms with Gasteiger partial charge in [0.2, 0.25) is 0 Å². The summed E-state index contributed by atoms with van der Waals surface area (Å²) in [6.07, 6.45) is 1.40. The summed E-state index contributed by atoms with van der Waals surface area (Å²) in [6, 6.07) is 7.70. The van der Waals surface area contributed by atoms with E-state index in [4.69, 9.17) is 9.26 Å². The van der Waals surface area contributed by atoms with Gasteiger partial charge in [0.1, 0.15) is 11.5 Å². The highest BCUT2D eigenvalue weighted by Gasteiger charge is 2.26. The molecule has 30 heavy (non-hydrogen) atoms. The van der Waals surface area contributed by atoms with E-state index in [-0.39, 0.29) is 29.9 Å². The van der Waals surface area contributed by atoms with Crippen molar-refractivity contribution in [3.63, 3.8) is 0 Å². The van der Waals surface area contributed by atoms with Crippen LogP contribution in [0.1, 0.15) is 61.0 Å². The van der Waals surface area contributed by atoms with Gasteiger partial charge in [0, 0.05) is 25.2 Å². The third-order valence-electron chi connectivity index (χ3n) is 5.30. The van der Waals surface area contributed by atoms with Crippen LogP contribution < -0.4 is 10.1 Å². The molecule has 7 heteroatoms. The van der Waals surface area contributed by atoms with Crippen LogP contribution in [0.25, 0.3) is 0 Å². The minimum atomic E-state index is -0.146. The molecule has 0 bridgehead atoms. The number of nitrogens with one attached hydrogen (secondary N) is 1. The molecular weight excluding hydrogens is 382 g/mol. The van der Waals surface area contributed by atoms with Gasteiger partial charge in [-0.25, -0.2) is 0 Å². The quantitative estimate of drug-likeness (QED) is 0.812. The Morgan fingerprint density at radius 1 is 1.20 bits per heavy atom. The molecule has 0 spiro atoms. The van der Waals surface area contributed by atoms with Crippen LogP contribution in [0.3, 0.4) is 0 Å². The molecule has 1 aromatic carbocycles. The fraction of sp³-hybridized carbons (Fsp3) is 0.522. The van der Waals surface area contributed by atoms with Crippen molar-refractivity contribution in [1.29, 1.82) is 0 Å². The fourth-order valence-electron chi connectivity index (χ4n) is 3.62. The van der Waals surface area contributed by atoms with Crippen molar-refractivity contribution in [2.75, 3.05) is 19.7 Å². The van der Waals surface area contributed by atoms with E-state index in [1.807, 2.05) is 19.1 Å². The minimum absolute atomic E-state index is 0.0243. The van der Waals surface area contributed by atoms with Crippen LogP contribution in [0.5, 0.6) is 5.75 Å². The van der Waals surface area contributed by atoms with Crippen LogP contribution in [-0.2, 0) is 10.2 Å². The molecule has 1 N–H and O–H groups in total. The largest absolute Gasteiger partial charge is 0.483 e. The lowest BCUT2D eigenvalue weighted by Crippen LogP contribution is -2.47. The standard InChI is InChI=1S/C23H31N3O4/c1-15-6-7-20(18(12-15)23(3,4)5)29-14-21(27)24-17-8-10-26(11-9-17)22(28)19-13-16(2)30-25-19/h6-7,12-13,17H,8-11,14H2,1-5H3,(H,24,27). The number of carbonyl (C=O) groups excluding carboxylic acids is 2. The van der Waals surface area contributed by atoms with Gasteiger partial charge >= 0.3 is 0 Å². The number of rotatable bonds is 5. The maximum absolute atomic E-state index is 12.4. The lowest BCUT2D eigenvalue weighted by molar-refractivity contribution is -0.124. The zero-order valence-electron chi connectivity index (χ0n) is 18.4. The van der Waals surface area contributed by atoms with E-state index in [1.165, 1.54) is 5.56 Å². The second kappa shape index (κ2) is 8.90. The zero-order chi connectivity index (χ0) is 21.9. The second-order valence-corrected chi connectivity index (χ2v) is 9.00. The highest BCUT2D eigenvalue weighted by Crippen LogP contribution is 2.32. The Hall–Kier alpha value is -2.83. The number of ether oxygens (including phenoxy) is 1. The number of piperidine rings is 1. The SMILES string of the molecule is Cc1ccc(OCC(=O)NC2CCN(C(=O)c3cc(C)on3)CC2)c(C(C)(C)C)c1. The van der Waals surface area contributed by atoms with Gasteiger partial charge in [0.15, 0.2) is 12.3 Å². The average molecular weight is 414 g/mol. The van der Waals surface area contributed by atoms with Gasteiger partial charge in [-0.1, -0.05) is 43.6 Å². The number of hydrogen-bond acceptors (Lipinski definition) is 5. The van der Waals surface area contributed by atoms with Crippen molar-refractivity contribution in [1.82, 2.24) is 15.4 Å². The summed E-state index contributed by atoms with van der Waals surface area (Å²) in [5, 5.41) is 6.81. The van der Waals surface area contributed by atoms with Crippen LogP contribution in [-0.4, -0.2) is 47.6 Å². The van der Waals surface area contributed by atoms with E-state index in [0.717, 1.165) is 11.3 Å². The maximum Gasteiger partial charge on any atom is 0.276 e. The van der Waals surface area contributed by atoms with Crippen LogP contribution in [0.4, 0.5) is 0 Å². The average Bonchev–Trinajstić information content (AvgIpc) is 3.12. The molecule has 1 aliphatic heterocycles. The highest BCUT2D eigenvalue weighted by atomic mass is 16.5. The van der Waals surface area contributed by atoms with E-state index >= 15 is 0 Å². The minimum Gasteiger partial charge on any atom is -0.483 e. The Kier molecular flexibility index (Phi) is 6.48. The first-order chi connectivity index (χ1) is 14.1. The molecule has 2 aromatic rings. The smallest absolute Gasteiger partial charge is 0.276 e. The van der Waals surface area contributed by atoms with Crippen molar-refractivity contribution in [2.24, 2.45) is 0 Å². The number of benzene rings is 1. The Bertz CT molecular complexity index is 905. The fourth-order valence-corrected chi connectivity index (χ4v) is 3.62. The Morgan fingerprint density at radius 2 is 1.90 bits per heavy atom. The molecule has 0 aliphatic carbocycles. The predicted molar refractivity (Wildman–Crippen MR) is 114 cm³/mol. The molecule has 1 aromatic heterocycles. The molecule has 0 saturated carbocycles. The maximum atomic E-state index is 12.4. The zero-order valence-corrected chi connectivity index (χ0v) is 18.4. The molecule has 7 nitrogen and oxygen atoms in total. The van der Waals surface area contributed by atoms with Crippen LogP contribution >= 0.6 is 0 Å². The van der Waals surface area contributed by atoms with Gasteiger partial charge in [-0.15, -0.1) is 0 Å². The number of hydrogen-bond donors (Lipinski definition) is 1. The van der Waals surface area contributed by atoms with Gasteiger partial charge in [0.25, 0.3) is 11.8 Å². The molecule has 162 valence electrons. The number of aryl methyl sites for hydroxylation is 2. The second-order valence-electron chi connectivity index (χ2n) is 9.00. The number of carbonyl (C=O) groups is 2. The Balaban J connectivity index is 1.48. The lowest BCUT2D eigenvalue weighted by Gasteiger charge is -2.32. The topological polar surface area (TPSA) is 84.7 Å². The van der Waals surface area contributed by atoms with Crippen molar-refractivity contribution in [3.8, 4) is 5.75 Å². The van der Waals surface area contributed by atoms with Crippen molar-refractivity contribution >= 4 is 11.8 Å². The number of amides is 2. The predicted octanol–water partition coefficient (Wildman–Crippen LogP) is 3.39. The first-order valence-corrected chi connectivity index (χ1v) is 10.4. The lowest BCUT2D eigenvalue weighted by atomic mass is 9.85. The molecule has 2 amide bonds.